The van der Waals surface area contributed by atoms with E-state index in [1.807, 2.05) is 42.6 Å². The molecule has 8 unspecified atom stereocenters. The maximum atomic E-state index is 12.4. The van der Waals surface area contributed by atoms with Crippen molar-refractivity contribution in [3.05, 3.63) is 65.4 Å². The van der Waals surface area contributed by atoms with Gasteiger partial charge in [0.1, 0.15) is 47.9 Å². The minimum Gasteiger partial charge on any atom is -0.493 e. The number of H-pyrrole nitrogens is 1. The molecule has 0 saturated carbocycles. The Balaban J connectivity index is 1.30. The van der Waals surface area contributed by atoms with Gasteiger partial charge in [0.15, 0.2) is 17.6 Å². The minimum atomic E-state index is -2.44. The van der Waals surface area contributed by atoms with Gasteiger partial charge in [-0.3, -0.25) is 9.59 Å². The van der Waals surface area contributed by atoms with Crippen LogP contribution in [0, 0.1) is 11.8 Å². The van der Waals surface area contributed by atoms with Crippen LogP contribution >= 0.6 is 0 Å². The molecule has 1 fully saturated rings. The molecule has 0 aliphatic carbocycles. The van der Waals surface area contributed by atoms with E-state index in [0.29, 0.717) is 39.7 Å². The van der Waals surface area contributed by atoms with Crippen LogP contribution in [-0.2, 0) is 19.1 Å². The summed E-state index contributed by atoms with van der Waals surface area (Å²) in [4.78, 5) is 27.0. The van der Waals surface area contributed by atoms with Gasteiger partial charge in [-0.15, -0.1) is 0 Å². The van der Waals surface area contributed by atoms with E-state index in [1.165, 1.54) is 7.11 Å². The molecule has 8 atom stereocenters. The third-order valence-electron chi connectivity index (χ3n) is 10.4. The Labute approximate surface area is 307 Å². The van der Waals surface area contributed by atoms with Crippen LogP contribution in [0.4, 0.5) is 0 Å². The smallest absolute Gasteiger partial charge is 0.317 e. The van der Waals surface area contributed by atoms with Crippen LogP contribution in [0.3, 0.4) is 0 Å². The molecule has 0 radical (unpaired) electrons. The molecular weight excluding hydrogens is 706 g/mol. The van der Waals surface area contributed by atoms with Gasteiger partial charge in [0.05, 0.1) is 38.5 Å². The third kappa shape index (κ3) is 5.56. The second-order valence-corrected chi connectivity index (χ2v) is 13.5. The highest BCUT2D eigenvalue weighted by atomic mass is 16.7. The molecule has 1 aromatic heterocycles. The lowest BCUT2D eigenvalue weighted by Gasteiger charge is -2.50. The predicted molar refractivity (Wildman–Crippen MR) is 187 cm³/mol. The Kier molecular flexibility index (Phi) is 8.80. The molecule has 16 heteroatoms. The van der Waals surface area contributed by atoms with Crippen molar-refractivity contribution in [2.75, 3.05) is 20.8 Å². The predicted octanol–water partition coefficient (Wildman–Crippen LogP) is 1.40. The molecule has 6 heterocycles. The number of aliphatic carboxylic acids is 1. The van der Waals surface area contributed by atoms with E-state index < -0.39 is 73.4 Å². The Bertz CT molecular complexity index is 2230. The number of para-hydroxylation sites is 1. The number of nitrogens with two attached hydrogens (primary N) is 2. The number of carboxylic acids is 1. The number of esters is 1. The number of nitrogens with one attached hydrogen (secondary N) is 1. The molecule has 16 nitrogen and oxygen atoms in total. The summed E-state index contributed by atoms with van der Waals surface area (Å²) < 4.78 is 42.2. The van der Waals surface area contributed by atoms with Crippen molar-refractivity contribution in [3.8, 4) is 51.7 Å². The first-order valence-corrected chi connectivity index (χ1v) is 17.1. The zero-order chi connectivity index (χ0) is 38.1. The van der Waals surface area contributed by atoms with Crippen LogP contribution in [-0.4, -0.2) is 101 Å². The van der Waals surface area contributed by atoms with E-state index >= 15 is 0 Å². The Morgan fingerprint density at radius 3 is 2.63 bits per heavy atom. The van der Waals surface area contributed by atoms with Crippen molar-refractivity contribution in [3.63, 3.8) is 0 Å². The van der Waals surface area contributed by atoms with E-state index in [-0.39, 0.29) is 18.3 Å². The van der Waals surface area contributed by atoms with Gasteiger partial charge in [0.2, 0.25) is 12.0 Å². The highest BCUT2D eigenvalue weighted by Gasteiger charge is 2.59. The van der Waals surface area contributed by atoms with Crippen molar-refractivity contribution < 1.29 is 63.2 Å². The van der Waals surface area contributed by atoms with Crippen molar-refractivity contribution in [2.24, 2.45) is 11.5 Å². The summed E-state index contributed by atoms with van der Waals surface area (Å²) in [6.07, 6.45) is -10.8. The molecule has 1 saturated heterocycles. The van der Waals surface area contributed by atoms with Gasteiger partial charge in [-0.05, 0) is 12.1 Å². The van der Waals surface area contributed by atoms with Crippen LogP contribution in [0.2, 0.25) is 0 Å². The lowest BCUT2D eigenvalue weighted by Crippen LogP contribution is -2.72. The molecule has 4 aromatic rings. The van der Waals surface area contributed by atoms with E-state index in [9.17, 15) is 24.9 Å². The first-order valence-electron chi connectivity index (χ1n) is 17.1. The quantitative estimate of drug-likeness (QED) is 0.0584. The molecule has 5 aliphatic rings. The van der Waals surface area contributed by atoms with Crippen molar-refractivity contribution in [1.29, 1.82) is 0 Å². The van der Waals surface area contributed by atoms with Crippen LogP contribution in [0.15, 0.2) is 48.7 Å². The summed E-state index contributed by atoms with van der Waals surface area (Å²) in [6.45, 7) is 0.214. The summed E-state index contributed by atoms with van der Waals surface area (Å²) >= 11 is 0. The van der Waals surface area contributed by atoms with E-state index in [1.54, 1.807) is 13.2 Å². The second-order valence-electron chi connectivity index (χ2n) is 13.5. The normalized spacial score (nSPS) is 26.7. The molecule has 0 amide bonds. The number of aliphatic hydroxyl groups excluding tert-OH is 2. The first-order chi connectivity index (χ1) is 25.9. The summed E-state index contributed by atoms with van der Waals surface area (Å²) in [5.74, 6) is 5.04. The molecule has 54 heavy (non-hydrogen) atoms. The lowest BCUT2D eigenvalue weighted by atomic mass is 9.78. The fourth-order valence-electron chi connectivity index (χ4n) is 7.82. The van der Waals surface area contributed by atoms with E-state index in [0.717, 1.165) is 22.0 Å². The fraction of sp³-hybridized carbons (Fsp3) is 0.368. The van der Waals surface area contributed by atoms with Crippen LogP contribution < -0.4 is 35.2 Å². The van der Waals surface area contributed by atoms with Gasteiger partial charge in [-0.1, -0.05) is 36.1 Å². The van der Waals surface area contributed by atoms with Gasteiger partial charge in [0.25, 0.3) is 0 Å². The number of rotatable bonds is 8. The molecule has 9 N–H and O–H groups in total. The first kappa shape index (κ1) is 35.5. The lowest BCUT2D eigenvalue weighted by molar-refractivity contribution is -0.324. The molecule has 3 aromatic carbocycles. The number of carboxylic acid groups (broad SMARTS) is 1. The van der Waals surface area contributed by atoms with Gasteiger partial charge in [-0.25, -0.2) is 0 Å². The van der Waals surface area contributed by atoms with E-state index in [2.05, 4.69) is 16.8 Å². The van der Waals surface area contributed by atoms with Crippen molar-refractivity contribution in [2.45, 2.75) is 67.3 Å². The fourth-order valence-corrected chi connectivity index (χ4v) is 7.82. The monoisotopic (exact) mass is 743 g/mol. The van der Waals surface area contributed by atoms with Crippen LogP contribution in [0.25, 0.3) is 22.0 Å². The number of aromatic amines is 1. The van der Waals surface area contributed by atoms with Crippen LogP contribution in [0.5, 0.6) is 28.7 Å². The summed E-state index contributed by atoms with van der Waals surface area (Å²) in [5.41, 5.74) is 13.5. The Morgan fingerprint density at radius 2 is 1.89 bits per heavy atom. The number of fused-ring (bicyclic) bond motifs is 9. The topological polar surface area (TPSA) is 248 Å². The Hall–Kier alpha value is -5.54. The standard InChI is InChI=1S/C38H37N3O13/c1-48-22-10-9-17-20-15-50-24-12-23-18(27(19-14-41-21-8-4-3-6-16(19)21)28(24)30(20)53-31(17)32(22)49-2)7-5-11-38(47)34(46)29(45)37(51-23)54-35(38)33(36(39)40)52-26(44)13-25(42)43/h3-4,6,8-10,12,14,20,29-30,33-37,41,45-47H,11,13,15,39-40H2,1-2H3,(H,42,43). The zero-order valence-corrected chi connectivity index (χ0v) is 29.0. The molecule has 5 aliphatic heterocycles. The van der Waals surface area contributed by atoms with Crippen LogP contribution in [0.1, 0.15) is 41.6 Å². The highest BCUT2D eigenvalue weighted by Crippen LogP contribution is 2.59. The average Bonchev–Trinajstić information content (AvgIpc) is 3.75. The van der Waals surface area contributed by atoms with Gasteiger partial charge in [-0.2, -0.15) is 0 Å². The second kappa shape index (κ2) is 13.4. The number of carbonyl (C=O) groups is 2. The molecule has 0 spiro atoms. The number of methoxy groups -OCH3 is 2. The largest absolute Gasteiger partial charge is 0.493 e. The maximum Gasteiger partial charge on any atom is 0.317 e. The number of ether oxygens (including phenoxy) is 7. The number of hydrogen-bond donors (Lipinski definition) is 7. The Morgan fingerprint density at radius 1 is 1.09 bits per heavy atom. The van der Waals surface area contributed by atoms with Crippen molar-refractivity contribution in [1.82, 2.24) is 4.98 Å². The number of aliphatic hydroxyl groups is 3. The third-order valence-corrected chi connectivity index (χ3v) is 10.4. The van der Waals surface area contributed by atoms with Gasteiger partial charge >= 0.3 is 11.9 Å². The molecule has 282 valence electrons. The number of aromatic nitrogens is 1. The van der Waals surface area contributed by atoms with Crippen molar-refractivity contribution >= 4 is 22.8 Å². The molecular formula is C38H37N3O13. The summed E-state index contributed by atoms with van der Waals surface area (Å²) in [6, 6.07) is 13.0. The average molecular weight is 744 g/mol. The molecule has 2 bridgehead atoms. The summed E-state index contributed by atoms with van der Waals surface area (Å²) in [7, 11) is 3.08. The summed E-state index contributed by atoms with van der Waals surface area (Å²) in [5, 5.41) is 44.7. The van der Waals surface area contributed by atoms with Gasteiger partial charge in [0, 0.05) is 51.8 Å². The maximum absolute atomic E-state index is 12.4. The number of carbonyl (C=O) groups excluding carboxylic acids is 1. The molecule has 9 rings (SSSR count). The van der Waals surface area contributed by atoms with Gasteiger partial charge < -0.3 is 70.0 Å². The highest BCUT2D eigenvalue weighted by molar-refractivity contribution is 5.99. The van der Waals surface area contributed by atoms with E-state index in [4.69, 9.17) is 49.7 Å². The number of hydrogen-bond acceptors (Lipinski definition) is 14. The number of benzene rings is 3. The minimum absolute atomic E-state index is 0.0913. The zero-order valence-electron chi connectivity index (χ0n) is 29.0. The SMILES string of the molecule is COc1ccc2c(c1OC)OC1c3c(cc4c(c3-c3c[nH]c5ccccc35)C#CCC3(O)C(O)C(O)C(O4)OC3C(OC(=O)CC(=O)O)C(N)N)OCC21.